The van der Waals surface area contributed by atoms with E-state index in [1.54, 1.807) is 0 Å². The van der Waals surface area contributed by atoms with E-state index in [2.05, 4.69) is 6.58 Å². The van der Waals surface area contributed by atoms with E-state index in [0.29, 0.717) is 3.58 Å². The van der Waals surface area contributed by atoms with E-state index in [9.17, 15) is 13.2 Å². The van der Waals surface area contributed by atoms with Gasteiger partial charge in [0.05, 0.1) is 0 Å². The first kappa shape index (κ1) is 10.7. The van der Waals surface area contributed by atoms with Gasteiger partial charge in [0, 0.05) is 9.66 Å². The molecule has 0 bridgehead atoms. The van der Waals surface area contributed by atoms with Crippen LogP contribution in [0.25, 0.3) is 0 Å². The Hall–Kier alpha value is -0.260. The highest BCUT2D eigenvalue weighted by atomic mass is 127. The van der Waals surface area contributed by atoms with Crippen LogP contribution in [0.1, 0.15) is 0 Å². The van der Waals surface area contributed by atoms with Gasteiger partial charge in [-0.1, -0.05) is 18.7 Å². The summed E-state index contributed by atoms with van der Waals surface area (Å²) in [6.07, 6.45) is -0.338. The van der Waals surface area contributed by atoms with Crippen LogP contribution >= 0.6 is 22.6 Å². The fourth-order valence-electron chi connectivity index (χ4n) is 0.325. The zero-order valence-corrected chi connectivity index (χ0v) is 7.69. The van der Waals surface area contributed by atoms with Crippen LogP contribution in [0.5, 0.6) is 0 Å². The molecule has 0 unspecified atom stereocenters. The van der Waals surface area contributed by atoms with E-state index >= 15 is 0 Å². The molecule has 0 aliphatic carbocycles. The normalized spacial score (nSPS) is 13.1. The third-order valence-electron chi connectivity index (χ3n) is 0.673. The lowest BCUT2D eigenvalue weighted by Gasteiger charge is -1.94. The number of rotatable bonds is 2. The quantitative estimate of drug-likeness (QED) is 0.533. The largest absolute Gasteiger partial charge is 0.409 e. The number of halogens is 4. The summed E-state index contributed by atoms with van der Waals surface area (Å²) in [6, 6.07) is 0. The average molecular weight is 274 g/mol. The van der Waals surface area contributed by atoms with Crippen molar-refractivity contribution < 1.29 is 13.2 Å². The molecule has 0 atom stereocenters. The number of alkyl halides is 3. The van der Waals surface area contributed by atoms with Gasteiger partial charge in [0.1, 0.15) is 0 Å². The fraction of sp³-hybridized carbons (Fsp3) is 0.143. The summed E-state index contributed by atoms with van der Waals surface area (Å²) in [4.78, 5) is 0. The molecule has 11 heavy (non-hydrogen) atoms. The standard InChI is InChI=1S/C7H6F3I/c1-6(11)4-2-3-5-7(8,9)10/h2-5H,1H2/b4-2-,5-3+. The van der Waals surface area contributed by atoms with Crippen LogP contribution in [-0.4, -0.2) is 6.18 Å². The second-order valence-corrected chi connectivity index (χ2v) is 3.09. The second kappa shape index (κ2) is 4.58. The molecule has 0 saturated heterocycles. The molecule has 0 aromatic rings. The summed E-state index contributed by atoms with van der Waals surface area (Å²) in [6.45, 7) is 3.47. The first-order chi connectivity index (χ1) is 4.92. The molecule has 62 valence electrons. The van der Waals surface area contributed by atoms with E-state index in [1.807, 2.05) is 22.6 Å². The van der Waals surface area contributed by atoms with Crippen LogP contribution in [0.15, 0.2) is 34.5 Å². The molecule has 0 rings (SSSR count). The lowest BCUT2D eigenvalue weighted by atomic mass is 10.4. The Morgan fingerprint density at radius 2 is 1.82 bits per heavy atom. The van der Waals surface area contributed by atoms with Crippen molar-refractivity contribution in [3.63, 3.8) is 0 Å². The maximum atomic E-state index is 11.4. The summed E-state index contributed by atoms with van der Waals surface area (Å²) < 4.78 is 35.0. The molecule has 0 fully saturated rings. The van der Waals surface area contributed by atoms with E-state index in [-0.39, 0.29) is 6.08 Å². The fourth-order valence-corrected chi connectivity index (χ4v) is 0.532. The Morgan fingerprint density at radius 3 is 2.18 bits per heavy atom. The zero-order chi connectivity index (χ0) is 8.91. The van der Waals surface area contributed by atoms with Gasteiger partial charge in [-0.25, -0.2) is 0 Å². The highest BCUT2D eigenvalue weighted by Gasteiger charge is 2.21. The molecule has 0 nitrogen and oxygen atoms in total. The highest BCUT2D eigenvalue weighted by molar-refractivity contribution is 14.1. The molecular formula is C7H6F3I. The van der Waals surface area contributed by atoms with Crippen LogP contribution in [0.3, 0.4) is 0 Å². The second-order valence-electron chi connectivity index (χ2n) is 1.71. The Balaban J connectivity index is 3.88. The maximum absolute atomic E-state index is 11.4. The van der Waals surface area contributed by atoms with Gasteiger partial charge < -0.3 is 0 Å². The van der Waals surface area contributed by atoms with E-state index < -0.39 is 6.18 Å². The molecule has 0 aromatic heterocycles. The molecule has 0 aromatic carbocycles. The van der Waals surface area contributed by atoms with Crippen LogP contribution in [-0.2, 0) is 0 Å². The van der Waals surface area contributed by atoms with Crippen LogP contribution < -0.4 is 0 Å². The third kappa shape index (κ3) is 9.74. The van der Waals surface area contributed by atoms with Gasteiger partial charge in [-0.15, -0.1) is 0 Å². The summed E-state index contributed by atoms with van der Waals surface area (Å²) in [7, 11) is 0. The van der Waals surface area contributed by atoms with Crippen LogP contribution in [0.2, 0.25) is 0 Å². The molecule has 0 amide bonds. The van der Waals surface area contributed by atoms with Gasteiger partial charge >= 0.3 is 6.18 Å². The Bertz CT molecular complexity index is 188. The minimum Gasteiger partial charge on any atom is -0.167 e. The number of allylic oxidation sites excluding steroid dienone is 5. The lowest BCUT2D eigenvalue weighted by Crippen LogP contribution is -1.99. The van der Waals surface area contributed by atoms with Gasteiger partial charge in [-0.05, 0) is 28.7 Å². The average Bonchev–Trinajstić information content (AvgIpc) is 1.78. The van der Waals surface area contributed by atoms with E-state index in [4.69, 9.17) is 0 Å². The third-order valence-corrected chi connectivity index (χ3v) is 1.03. The highest BCUT2D eigenvalue weighted by Crippen LogP contribution is 2.15. The molecule has 0 spiro atoms. The van der Waals surface area contributed by atoms with Crippen molar-refractivity contribution in [2.75, 3.05) is 0 Å². The van der Waals surface area contributed by atoms with Gasteiger partial charge in [0.2, 0.25) is 0 Å². The van der Waals surface area contributed by atoms with Gasteiger partial charge in [0.25, 0.3) is 0 Å². The number of hydrogen-bond acceptors (Lipinski definition) is 0. The number of hydrogen-bond donors (Lipinski definition) is 0. The summed E-state index contributed by atoms with van der Waals surface area (Å²) in [5.41, 5.74) is 0. The topological polar surface area (TPSA) is 0 Å². The predicted molar refractivity (Wildman–Crippen MR) is 47.5 cm³/mol. The minimum atomic E-state index is -4.23. The molecule has 0 N–H and O–H groups in total. The first-order valence-electron chi connectivity index (χ1n) is 2.69. The molecule has 0 saturated carbocycles. The molecule has 0 aliphatic heterocycles. The van der Waals surface area contributed by atoms with Crippen molar-refractivity contribution in [3.8, 4) is 0 Å². The summed E-state index contributed by atoms with van der Waals surface area (Å²) >= 11 is 1.91. The summed E-state index contributed by atoms with van der Waals surface area (Å²) in [5.74, 6) is 0. The predicted octanol–water partition coefficient (Wildman–Crippen LogP) is 3.61. The summed E-state index contributed by atoms with van der Waals surface area (Å²) in [5, 5.41) is 0. The van der Waals surface area contributed by atoms with Gasteiger partial charge in [-0.3, -0.25) is 0 Å². The van der Waals surface area contributed by atoms with Crippen molar-refractivity contribution in [2.24, 2.45) is 0 Å². The van der Waals surface area contributed by atoms with Gasteiger partial charge in [-0.2, -0.15) is 13.2 Å². The monoisotopic (exact) mass is 274 g/mol. The van der Waals surface area contributed by atoms with Gasteiger partial charge in [0.15, 0.2) is 0 Å². The van der Waals surface area contributed by atoms with Crippen molar-refractivity contribution in [1.82, 2.24) is 0 Å². The molecule has 4 heteroatoms. The molecule has 0 aliphatic rings. The lowest BCUT2D eigenvalue weighted by molar-refractivity contribution is -0.0798. The Kier molecular flexibility index (Phi) is 4.48. The first-order valence-corrected chi connectivity index (χ1v) is 3.77. The van der Waals surface area contributed by atoms with E-state index in [1.165, 1.54) is 12.2 Å². The Labute approximate surface area is 76.6 Å². The zero-order valence-electron chi connectivity index (χ0n) is 5.53. The molecule has 0 heterocycles. The van der Waals surface area contributed by atoms with Crippen molar-refractivity contribution in [1.29, 1.82) is 0 Å². The van der Waals surface area contributed by atoms with Crippen molar-refractivity contribution >= 4 is 22.6 Å². The van der Waals surface area contributed by atoms with E-state index in [0.717, 1.165) is 6.08 Å². The van der Waals surface area contributed by atoms with Crippen molar-refractivity contribution in [3.05, 3.63) is 34.5 Å². The maximum Gasteiger partial charge on any atom is 0.409 e. The molecular weight excluding hydrogens is 268 g/mol. The Morgan fingerprint density at radius 1 is 1.27 bits per heavy atom. The van der Waals surface area contributed by atoms with Crippen LogP contribution in [0.4, 0.5) is 13.2 Å². The molecule has 0 radical (unpaired) electrons. The van der Waals surface area contributed by atoms with Crippen LogP contribution in [0, 0.1) is 0 Å². The smallest absolute Gasteiger partial charge is 0.167 e. The SMILES string of the molecule is C=C(I)/C=C\C=C\C(F)(F)F. The minimum absolute atomic E-state index is 0.170. The van der Waals surface area contributed by atoms with Crippen molar-refractivity contribution in [2.45, 2.75) is 6.18 Å².